The second-order valence-electron chi connectivity index (χ2n) is 2.58. The topological polar surface area (TPSA) is 63.4 Å². The summed E-state index contributed by atoms with van der Waals surface area (Å²) in [6, 6.07) is -0.329. The van der Waals surface area contributed by atoms with Gasteiger partial charge in [0.05, 0.1) is 0 Å². The maximum Gasteiger partial charge on any atom is 0.375 e. The lowest BCUT2D eigenvalue weighted by Crippen LogP contribution is -2.37. The summed E-state index contributed by atoms with van der Waals surface area (Å²) in [4.78, 5) is 0. The molecule has 0 radical (unpaired) electrons. The van der Waals surface area contributed by atoms with Crippen molar-refractivity contribution in [1.82, 2.24) is 4.31 Å². The molecule has 1 fully saturated rings. The molecule has 1 aliphatic rings. The van der Waals surface area contributed by atoms with Gasteiger partial charge in [-0.15, -0.1) is 0 Å². The van der Waals surface area contributed by atoms with E-state index >= 15 is 0 Å². The van der Waals surface area contributed by atoms with E-state index in [9.17, 15) is 12.3 Å². The Kier molecular flexibility index (Phi) is 2.46. The Morgan fingerprint density at radius 1 is 1.64 bits per heavy atom. The molecule has 6 heteroatoms. The number of hydrogen-bond acceptors (Lipinski definition) is 3. The van der Waals surface area contributed by atoms with Gasteiger partial charge in [0.1, 0.15) is 0 Å². The van der Waals surface area contributed by atoms with Crippen LogP contribution in [-0.4, -0.2) is 31.9 Å². The first-order valence-corrected chi connectivity index (χ1v) is 4.81. The van der Waals surface area contributed by atoms with E-state index in [0.29, 0.717) is 12.8 Å². The van der Waals surface area contributed by atoms with Gasteiger partial charge >= 0.3 is 10.4 Å². The van der Waals surface area contributed by atoms with Crippen molar-refractivity contribution in [3.8, 4) is 0 Å². The molecule has 0 amide bonds. The van der Waals surface area contributed by atoms with Crippen LogP contribution in [0.3, 0.4) is 0 Å². The lowest BCUT2D eigenvalue weighted by atomic mass is 10.2. The fourth-order valence-corrected chi connectivity index (χ4v) is 2.23. The third-order valence-corrected chi connectivity index (χ3v) is 2.92. The van der Waals surface area contributed by atoms with E-state index in [0.717, 1.165) is 4.31 Å². The average molecular weight is 182 g/mol. The van der Waals surface area contributed by atoms with Gasteiger partial charge in [0.15, 0.2) is 0 Å². The molecule has 0 saturated carbocycles. The average Bonchev–Trinajstić information content (AvgIpc) is 2.31. The Hall–Kier alpha value is -0.200. The van der Waals surface area contributed by atoms with Gasteiger partial charge in [0, 0.05) is 19.1 Å². The Morgan fingerprint density at radius 2 is 2.27 bits per heavy atom. The van der Waals surface area contributed by atoms with Crippen molar-refractivity contribution < 1.29 is 12.3 Å². The van der Waals surface area contributed by atoms with E-state index in [-0.39, 0.29) is 19.1 Å². The summed E-state index contributed by atoms with van der Waals surface area (Å²) < 4.78 is 34.0. The lowest BCUT2D eigenvalue weighted by Gasteiger charge is -2.16. The summed E-state index contributed by atoms with van der Waals surface area (Å²) in [7, 11) is -4.51. The molecule has 1 aliphatic heterocycles. The maximum absolute atomic E-state index is 12.4. The molecular formula is C5H11FN2O2S. The number of hydrogen-bond donors (Lipinski definition) is 1. The standard InChI is InChI=1S/C5H11FN2O2S/c6-11(9,10)8-3-1-2-5(8)4-7/h5H,1-4,7H2/t5-/m0/s1. The van der Waals surface area contributed by atoms with Crippen molar-refractivity contribution >= 4 is 10.4 Å². The minimum Gasteiger partial charge on any atom is -0.329 e. The van der Waals surface area contributed by atoms with Crippen LogP contribution in [0.1, 0.15) is 12.8 Å². The van der Waals surface area contributed by atoms with Gasteiger partial charge in [-0.25, -0.2) is 0 Å². The molecule has 1 heterocycles. The molecule has 0 aliphatic carbocycles. The summed E-state index contributed by atoms with van der Waals surface area (Å²) >= 11 is 0. The predicted octanol–water partition coefficient (Wildman–Crippen LogP) is -0.376. The van der Waals surface area contributed by atoms with Gasteiger partial charge in [0.2, 0.25) is 0 Å². The van der Waals surface area contributed by atoms with Crippen molar-refractivity contribution in [2.45, 2.75) is 18.9 Å². The molecule has 0 aromatic carbocycles. The van der Waals surface area contributed by atoms with Crippen LogP contribution in [0.15, 0.2) is 0 Å². The molecule has 4 nitrogen and oxygen atoms in total. The van der Waals surface area contributed by atoms with E-state index < -0.39 is 10.4 Å². The highest BCUT2D eigenvalue weighted by molar-refractivity contribution is 7.84. The second-order valence-corrected chi connectivity index (χ2v) is 3.88. The molecule has 0 unspecified atom stereocenters. The molecule has 0 aromatic rings. The Labute approximate surface area is 65.5 Å². The van der Waals surface area contributed by atoms with Crippen LogP contribution in [0.4, 0.5) is 3.89 Å². The van der Waals surface area contributed by atoms with Crippen LogP contribution in [0, 0.1) is 0 Å². The molecule has 1 rings (SSSR count). The van der Waals surface area contributed by atoms with Crippen molar-refractivity contribution in [2.75, 3.05) is 13.1 Å². The van der Waals surface area contributed by atoms with Gasteiger partial charge in [-0.05, 0) is 12.8 Å². The number of halogens is 1. The van der Waals surface area contributed by atoms with E-state index in [4.69, 9.17) is 5.73 Å². The van der Waals surface area contributed by atoms with Crippen LogP contribution >= 0.6 is 0 Å². The van der Waals surface area contributed by atoms with Crippen molar-refractivity contribution in [2.24, 2.45) is 5.73 Å². The largest absolute Gasteiger partial charge is 0.375 e. The van der Waals surface area contributed by atoms with E-state index in [1.54, 1.807) is 0 Å². The summed E-state index contributed by atoms with van der Waals surface area (Å²) in [5.74, 6) is 0. The zero-order valence-electron chi connectivity index (χ0n) is 6.03. The normalized spacial score (nSPS) is 27.6. The highest BCUT2D eigenvalue weighted by atomic mass is 32.3. The van der Waals surface area contributed by atoms with Gasteiger partial charge in [-0.2, -0.15) is 12.7 Å². The first kappa shape index (κ1) is 8.89. The van der Waals surface area contributed by atoms with Crippen LogP contribution in [-0.2, 0) is 10.4 Å². The fourth-order valence-electron chi connectivity index (χ4n) is 1.33. The molecule has 0 spiro atoms. The molecule has 1 saturated heterocycles. The Morgan fingerprint density at radius 3 is 2.64 bits per heavy atom. The maximum atomic E-state index is 12.4. The third kappa shape index (κ3) is 1.88. The lowest BCUT2D eigenvalue weighted by molar-refractivity contribution is 0.369. The second kappa shape index (κ2) is 3.04. The number of nitrogens with two attached hydrogens (primary N) is 1. The molecule has 11 heavy (non-hydrogen) atoms. The third-order valence-electron chi connectivity index (χ3n) is 1.88. The fraction of sp³-hybridized carbons (Fsp3) is 1.00. The number of rotatable bonds is 2. The molecule has 0 aromatic heterocycles. The molecule has 2 N–H and O–H groups in total. The summed E-state index contributed by atoms with van der Waals surface area (Å²) in [5, 5.41) is 0. The first-order chi connectivity index (χ1) is 5.05. The predicted molar refractivity (Wildman–Crippen MR) is 38.8 cm³/mol. The monoisotopic (exact) mass is 182 g/mol. The van der Waals surface area contributed by atoms with Gasteiger partial charge in [-0.3, -0.25) is 0 Å². The molecule has 66 valence electrons. The van der Waals surface area contributed by atoms with Crippen molar-refractivity contribution in [3.63, 3.8) is 0 Å². The van der Waals surface area contributed by atoms with Crippen molar-refractivity contribution in [3.05, 3.63) is 0 Å². The van der Waals surface area contributed by atoms with E-state index in [1.165, 1.54) is 0 Å². The van der Waals surface area contributed by atoms with Crippen molar-refractivity contribution in [1.29, 1.82) is 0 Å². The highest BCUT2D eigenvalue weighted by Crippen LogP contribution is 2.20. The molecule has 1 atom stereocenters. The quantitative estimate of drug-likeness (QED) is 0.592. The van der Waals surface area contributed by atoms with Gasteiger partial charge < -0.3 is 5.73 Å². The first-order valence-electron chi connectivity index (χ1n) is 3.47. The zero-order valence-corrected chi connectivity index (χ0v) is 6.85. The molecular weight excluding hydrogens is 171 g/mol. The van der Waals surface area contributed by atoms with Crippen LogP contribution in [0.25, 0.3) is 0 Å². The van der Waals surface area contributed by atoms with Gasteiger partial charge in [-0.1, -0.05) is 3.89 Å². The smallest absolute Gasteiger partial charge is 0.329 e. The van der Waals surface area contributed by atoms with Crippen LogP contribution < -0.4 is 5.73 Å². The van der Waals surface area contributed by atoms with E-state index in [1.807, 2.05) is 0 Å². The Balaban J connectivity index is 2.72. The minimum atomic E-state index is -4.51. The zero-order chi connectivity index (χ0) is 8.48. The summed E-state index contributed by atoms with van der Waals surface area (Å²) in [6.45, 7) is 0.462. The number of nitrogens with zero attached hydrogens (tertiary/aromatic N) is 1. The summed E-state index contributed by atoms with van der Waals surface area (Å²) in [6.07, 6.45) is 1.37. The summed E-state index contributed by atoms with van der Waals surface area (Å²) in [5.41, 5.74) is 5.25. The SMILES string of the molecule is NC[C@@H]1CCCN1S(=O)(=O)F. The van der Waals surface area contributed by atoms with Crippen LogP contribution in [0.5, 0.6) is 0 Å². The van der Waals surface area contributed by atoms with Crippen LogP contribution in [0.2, 0.25) is 0 Å². The van der Waals surface area contributed by atoms with E-state index in [2.05, 4.69) is 0 Å². The highest BCUT2D eigenvalue weighted by Gasteiger charge is 2.32. The minimum absolute atomic E-state index is 0.198. The Bertz CT molecular complexity index is 229. The molecule has 0 bridgehead atoms. The van der Waals surface area contributed by atoms with Gasteiger partial charge in [0.25, 0.3) is 0 Å².